The Morgan fingerprint density at radius 1 is 1.14 bits per heavy atom. The third-order valence-corrected chi connectivity index (χ3v) is 4.53. The molecule has 28 heavy (non-hydrogen) atoms. The highest BCUT2D eigenvalue weighted by molar-refractivity contribution is 6.04. The summed E-state index contributed by atoms with van der Waals surface area (Å²) in [6.45, 7) is 1.81. The molecule has 3 aromatic rings. The molecule has 7 heteroatoms. The normalized spacial score (nSPS) is 15.5. The second-order valence-corrected chi connectivity index (χ2v) is 6.61. The van der Waals surface area contributed by atoms with E-state index in [1.807, 2.05) is 43.3 Å². The maximum Gasteiger partial charge on any atom is 0.234 e. The van der Waals surface area contributed by atoms with Crippen molar-refractivity contribution in [3.05, 3.63) is 71.7 Å². The lowest BCUT2D eigenvalue weighted by Gasteiger charge is -2.24. The fourth-order valence-electron chi connectivity index (χ4n) is 3.24. The number of nitrogens with one attached hydrogen (secondary N) is 2. The van der Waals surface area contributed by atoms with Crippen LogP contribution in [0.25, 0.3) is 11.3 Å². The van der Waals surface area contributed by atoms with E-state index < -0.39 is 17.6 Å². The van der Waals surface area contributed by atoms with Crippen molar-refractivity contribution < 1.29 is 14.0 Å². The van der Waals surface area contributed by atoms with Crippen LogP contribution in [0.3, 0.4) is 0 Å². The zero-order valence-electron chi connectivity index (χ0n) is 15.1. The molecule has 1 aliphatic rings. The van der Waals surface area contributed by atoms with Gasteiger partial charge in [0.05, 0.1) is 11.6 Å². The summed E-state index contributed by atoms with van der Waals surface area (Å²) in [5, 5.41) is 5.34. The van der Waals surface area contributed by atoms with E-state index in [2.05, 4.69) is 20.6 Å². The van der Waals surface area contributed by atoms with Gasteiger partial charge in [-0.1, -0.05) is 30.3 Å². The van der Waals surface area contributed by atoms with E-state index in [4.69, 9.17) is 0 Å². The molecule has 0 aliphatic carbocycles. The molecule has 0 spiro atoms. The van der Waals surface area contributed by atoms with Crippen LogP contribution in [0.5, 0.6) is 0 Å². The molecule has 1 aliphatic heterocycles. The molecular weight excluding hydrogens is 359 g/mol. The number of aryl methyl sites for hydroxylation is 1. The lowest BCUT2D eigenvalue weighted by Crippen LogP contribution is -2.31. The summed E-state index contributed by atoms with van der Waals surface area (Å²) in [6.07, 6.45) is -0.0698. The number of rotatable bonds is 3. The van der Waals surface area contributed by atoms with Crippen LogP contribution in [0, 0.1) is 12.7 Å². The van der Waals surface area contributed by atoms with Crippen molar-refractivity contribution in [3.63, 3.8) is 0 Å². The minimum atomic E-state index is -0.816. The topological polar surface area (TPSA) is 84.0 Å². The molecule has 0 saturated heterocycles. The summed E-state index contributed by atoms with van der Waals surface area (Å²) in [4.78, 5) is 33.5. The zero-order chi connectivity index (χ0) is 19.7. The number of nitrogens with zero attached hydrogens (tertiary/aromatic N) is 2. The third-order valence-electron chi connectivity index (χ3n) is 4.53. The Labute approximate surface area is 160 Å². The SMILES string of the molecule is Cc1cc(-c2ccccc2)nc(NC(=O)C2CC(=O)Nc3ccc(F)cc32)n1. The van der Waals surface area contributed by atoms with Gasteiger partial charge in [-0.25, -0.2) is 14.4 Å². The first-order valence-corrected chi connectivity index (χ1v) is 8.81. The first kappa shape index (κ1) is 17.8. The molecule has 4 rings (SSSR count). The first-order chi connectivity index (χ1) is 13.5. The number of halogens is 1. The number of carbonyl (C=O) groups is 2. The average Bonchev–Trinajstić information content (AvgIpc) is 2.68. The van der Waals surface area contributed by atoms with Crippen molar-refractivity contribution in [2.75, 3.05) is 10.6 Å². The molecule has 2 aromatic carbocycles. The van der Waals surface area contributed by atoms with Gasteiger partial charge in [0.1, 0.15) is 5.82 Å². The standard InChI is InChI=1S/C21H17FN4O2/c1-12-9-18(13-5-3-2-4-6-13)25-21(23-12)26-20(28)16-11-19(27)24-17-8-7-14(22)10-15(16)17/h2-10,16H,11H2,1H3,(H,24,27)(H,23,25,26,28). The van der Waals surface area contributed by atoms with Gasteiger partial charge >= 0.3 is 0 Å². The Bertz CT molecular complexity index is 1070. The number of carbonyl (C=O) groups excluding carboxylic acids is 2. The van der Waals surface area contributed by atoms with Gasteiger partial charge in [-0.2, -0.15) is 0 Å². The van der Waals surface area contributed by atoms with Crippen LogP contribution in [-0.4, -0.2) is 21.8 Å². The van der Waals surface area contributed by atoms with E-state index in [0.29, 0.717) is 22.6 Å². The van der Waals surface area contributed by atoms with Gasteiger partial charge in [0.15, 0.2) is 0 Å². The summed E-state index contributed by atoms with van der Waals surface area (Å²) in [5.41, 5.74) is 3.14. The number of hydrogen-bond donors (Lipinski definition) is 2. The minimum absolute atomic E-state index is 0.0698. The molecule has 1 aromatic heterocycles. The van der Waals surface area contributed by atoms with E-state index in [1.165, 1.54) is 18.2 Å². The Morgan fingerprint density at radius 2 is 1.93 bits per heavy atom. The third kappa shape index (κ3) is 3.59. The Kier molecular flexibility index (Phi) is 4.57. The van der Waals surface area contributed by atoms with Gasteiger partial charge in [-0.15, -0.1) is 0 Å². The van der Waals surface area contributed by atoms with Crippen LogP contribution in [-0.2, 0) is 9.59 Å². The maximum absolute atomic E-state index is 13.7. The highest BCUT2D eigenvalue weighted by Crippen LogP contribution is 2.33. The second kappa shape index (κ2) is 7.19. The quantitative estimate of drug-likeness (QED) is 0.731. The molecule has 0 radical (unpaired) electrons. The summed E-state index contributed by atoms with van der Waals surface area (Å²) in [6, 6.07) is 15.3. The molecule has 1 unspecified atom stereocenters. The van der Waals surface area contributed by atoms with E-state index in [1.54, 1.807) is 0 Å². The largest absolute Gasteiger partial charge is 0.326 e. The van der Waals surface area contributed by atoms with E-state index in [9.17, 15) is 14.0 Å². The number of fused-ring (bicyclic) bond motifs is 1. The van der Waals surface area contributed by atoms with Crippen molar-refractivity contribution in [3.8, 4) is 11.3 Å². The van der Waals surface area contributed by atoms with Crippen LogP contribution >= 0.6 is 0 Å². The van der Waals surface area contributed by atoms with Crippen molar-refractivity contribution in [2.45, 2.75) is 19.3 Å². The number of benzene rings is 2. The zero-order valence-corrected chi connectivity index (χ0v) is 15.1. The molecule has 2 heterocycles. The van der Waals surface area contributed by atoms with Gasteiger partial charge < -0.3 is 5.32 Å². The minimum Gasteiger partial charge on any atom is -0.326 e. The van der Waals surface area contributed by atoms with Gasteiger partial charge in [0.25, 0.3) is 0 Å². The number of amides is 2. The summed E-state index contributed by atoms with van der Waals surface area (Å²) in [5.74, 6) is -1.89. The van der Waals surface area contributed by atoms with Crippen molar-refractivity contribution in [1.82, 2.24) is 9.97 Å². The summed E-state index contributed by atoms with van der Waals surface area (Å²) < 4.78 is 13.7. The second-order valence-electron chi connectivity index (χ2n) is 6.61. The van der Waals surface area contributed by atoms with Gasteiger partial charge in [-0.3, -0.25) is 14.9 Å². The fraction of sp³-hybridized carbons (Fsp3) is 0.143. The van der Waals surface area contributed by atoms with E-state index in [-0.39, 0.29) is 18.3 Å². The molecule has 140 valence electrons. The predicted octanol–water partition coefficient (Wildman–Crippen LogP) is 3.66. The first-order valence-electron chi connectivity index (χ1n) is 8.81. The molecular formula is C21H17FN4O2. The molecule has 1 atom stereocenters. The number of hydrogen-bond acceptors (Lipinski definition) is 4. The van der Waals surface area contributed by atoms with Gasteiger partial charge in [0, 0.05) is 23.4 Å². The highest BCUT2D eigenvalue weighted by Gasteiger charge is 2.31. The van der Waals surface area contributed by atoms with Crippen LogP contribution < -0.4 is 10.6 Å². The molecule has 6 nitrogen and oxygen atoms in total. The van der Waals surface area contributed by atoms with Crippen LogP contribution in [0.4, 0.5) is 16.0 Å². The lowest BCUT2D eigenvalue weighted by atomic mass is 9.89. The van der Waals surface area contributed by atoms with E-state index >= 15 is 0 Å². The molecule has 0 saturated carbocycles. The molecule has 0 bridgehead atoms. The highest BCUT2D eigenvalue weighted by atomic mass is 19.1. The van der Waals surface area contributed by atoms with Crippen molar-refractivity contribution in [1.29, 1.82) is 0 Å². The predicted molar refractivity (Wildman–Crippen MR) is 103 cm³/mol. The maximum atomic E-state index is 13.7. The Balaban J connectivity index is 1.64. The number of aromatic nitrogens is 2. The smallest absolute Gasteiger partial charge is 0.234 e. The van der Waals surface area contributed by atoms with Crippen LogP contribution in [0.2, 0.25) is 0 Å². The lowest BCUT2D eigenvalue weighted by molar-refractivity contribution is -0.123. The van der Waals surface area contributed by atoms with Gasteiger partial charge in [0.2, 0.25) is 17.8 Å². The Morgan fingerprint density at radius 3 is 2.71 bits per heavy atom. The molecule has 2 amide bonds. The Hall–Kier alpha value is -3.61. The average molecular weight is 376 g/mol. The number of anilines is 2. The van der Waals surface area contributed by atoms with Crippen LogP contribution in [0.15, 0.2) is 54.6 Å². The summed E-state index contributed by atoms with van der Waals surface area (Å²) >= 11 is 0. The fourth-order valence-corrected chi connectivity index (χ4v) is 3.24. The molecule has 0 fully saturated rings. The van der Waals surface area contributed by atoms with Crippen LogP contribution in [0.1, 0.15) is 23.6 Å². The van der Waals surface area contributed by atoms with Gasteiger partial charge in [-0.05, 0) is 36.8 Å². The monoisotopic (exact) mass is 376 g/mol. The van der Waals surface area contributed by atoms with Crippen molar-refractivity contribution >= 4 is 23.5 Å². The van der Waals surface area contributed by atoms with E-state index in [0.717, 1.165) is 5.56 Å². The summed E-state index contributed by atoms with van der Waals surface area (Å²) in [7, 11) is 0. The molecule has 2 N–H and O–H groups in total. The van der Waals surface area contributed by atoms with Crippen molar-refractivity contribution in [2.24, 2.45) is 0 Å².